The van der Waals surface area contributed by atoms with Gasteiger partial charge in [-0.2, -0.15) is 0 Å². The number of anilines is 1. The highest BCUT2D eigenvalue weighted by atomic mass is 16.2. The van der Waals surface area contributed by atoms with Gasteiger partial charge < -0.3 is 20.9 Å². The maximum Gasteiger partial charge on any atom is 0.251 e. The van der Waals surface area contributed by atoms with Crippen LogP contribution in [0.1, 0.15) is 27.9 Å². The summed E-state index contributed by atoms with van der Waals surface area (Å²) in [5.74, 6) is -0.0421. The number of amides is 2. The Morgan fingerprint density at radius 1 is 0.846 bits per heavy atom. The van der Waals surface area contributed by atoms with Gasteiger partial charge in [-0.25, -0.2) is 4.68 Å². The van der Waals surface area contributed by atoms with Crippen molar-refractivity contribution < 1.29 is 9.59 Å². The van der Waals surface area contributed by atoms with Crippen molar-refractivity contribution in [2.45, 2.75) is 19.5 Å². The minimum absolute atomic E-state index is 0.0533. The summed E-state index contributed by atoms with van der Waals surface area (Å²) in [6, 6.07) is 23.6. The van der Waals surface area contributed by atoms with Crippen LogP contribution in [0.15, 0.2) is 72.8 Å². The Morgan fingerprint density at radius 3 is 2.33 bits per heavy atom. The molecule has 200 valence electrons. The summed E-state index contributed by atoms with van der Waals surface area (Å²) >= 11 is 0. The number of nitrogens with one attached hydrogen (secondary N) is 3. The van der Waals surface area contributed by atoms with Crippen molar-refractivity contribution in [3.63, 3.8) is 0 Å². The molecule has 0 radical (unpaired) electrons. The van der Waals surface area contributed by atoms with E-state index in [0.717, 1.165) is 39.3 Å². The first kappa shape index (κ1) is 26.3. The van der Waals surface area contributed by atoms with Gasteiger partial charge in [0.15, 0.2) is 0 Å². The number of hydrogen-bond donors (Lipinski definition) is 3. The van der Waals surface area contributed by atoms with Crippen LogP contribution in [-0.2, 0) is 17.9 Å². The monoisotopic (exact) mass is 523 g/mol. The van der Waals surface area contributed by atoms with Crippen LogP contribution in [0.25, 0.3) is 22.5 Å². The lowest BCUT2D eigenvalue weighted by Crippen LogP contribution is -2.33. The Hall–Kier alpha value is -4.34. The molecule has 0 saturated carbocycles. The van der Waals surface area contributed by atoms with E-state index >= 15 is 0 Å². The number of carbonyl (C=O) groups excluding carboxylic acids is 2. The molecule has 3 aromatic carbocycles. The maximum atomic E-state index is 13.3. The summed E-state index contributed by atoms with van der Waals surface area (Å²) in [7, 11) is 3.70. The van der Waals surface area contributed by atoms with Gasteiger partial charge in [-0.3, -0.25) is 9.59 Å². The minimum atomic E-state index is -0.0953. The zero-order chi connectivity index (χ0) is 27.2. The molecule has 3 N–H and O–H groups in total. The number of aromatic nitrogens is 3. The molecule has 0 spiro atoms. The van der Waals surface area contributed by atoms with Crippen LogP contribution in [0, 0.1) is 0 Å². The summed E-state index contributed by atoms with van der Waals surface area (Å²) < 4.78 is 1.91. The molecule has 0 fully saturated rings. The number of hydrogen-bond acceptors (Lipinski definition) is 6. The average Bonchev–Trinajstić information content (AvgIpc) is 3.37. The quantitative estimate of drug-likeness (QED) is 0.291. The van der Waals surface area contributed by atoms with E-state index in [1.807, 2.05) is 84.3 Å². The zero-order valence-electron chi connectivity index (χ0n) is 22.3. The van der Waals surface area contributed by atoms with Crippen molar-refractivity contribution in [1.82, 2.24) is 30.9 Å². The number of nitrogens with zero attached hydrogens (tertiary/aromatic N) is 4. The lowest BCUT2D eigenvalue weighted by atomic mass is 9.95. The van der Waals surface area contributed by atoms with Crippen molar-refractivity contribution in [2.24, 2.45) is 0 Å². The fraction of sp³-hybridized carbons (Fsp3) is 0.267. The topological polar surface area (TPSA) is 104 Å². The highest BCUT2D eigenvalue weighted by molar-refractivity contribution is 6.00. The van der Waals surface area contributed by atoms with E-state index in [-0.39, 0.29) is 11.8 Å². The minimum Gasteiger partial charge on any atom is -0.351 e. The molecule has 0 atom stereocenters. The predicted octanol–water partition coefficient (Wildman–Crippen LogP) is 3.07. The second-order valence-electron chi connectivity index (χ2n) is 9.51. The summed E-state index contributed by atoms with van der Waals surface area (Å²) in [5.41, 5.74) is 7.01. The summed E-state index contributed by atoms with van der Waals surface area (Å²) in [6.45, 7) is 2.84. The Labute approximate surface area is 228 Å². The number of para-hydroxylation sites is 1. The van der Waals surface area contributed by atoms with E-state index in [0.29, 0.717) is 44.7 Å². The molecule has 0 bridgehead atoms. The summed E-state index contributed by atoms with van der Waals surface area (Å²) in [5, 5.41) is 18.2. The second kappa shape index (κ2) is 12.0. The molecule has 5 rings (SSSR count). The van der Waals surface area contributed by atoms with Crippen molar-refractivity contribution >= 4 is 17.5 Å². The van der Waals surface area contributed by atoms with Gasteiger partial charge in [0.2, 0.25) is 5.91 Å². The normalized spacial score (nSPS) is 12.1. The van der Waals surface area contributed by atoms with Crippen LogP contribution < -0.4 is 20.9 Å². The lowest BCUT2D eigenvalue weighted by molar-refractivity contribution is -0.118. The van der Waals surface area contributed by atoms with Gasteiger partial charge in [0.25, 0.3) is 5.91 Å². The first-order valence-corrected chi connectivity index (χ1v) is 13.2. The van der Waals surface area contributed by atoms with Gasteiger partial charge in [0, 0.05) is 42.7 Å². The third-order valence-electron chi connectivity index (χ3n) is 6.88. The van der Waals surface area contributed by atoms with Gasteiger partial charge in [-0.05, 0) is 43.4 Å². The smallest absolute Gasteiger partial charge is 0.251 e. The molecular formula is C30H33N7O2. The van der Waals surface area contributed by atoms with Crippen molar-refractivity contribution in [3.05, 3.63) is 89.5 Å². The lowest BCUT2D eigenvalue weighted by Gasteiger charge is -2.28. The van der Waals surface area contributed by atoms with Crippen molar-refractivity contribution in [1.29, 1.82) is 0 Å². The standard InChI is InChI=1S/C30H33N7O2/c1-31-16-15-27(38)36-20-23-7-3-4-8-24(23)29-28(25-9-5-6-10-26(25)36)34-35-37(29)19-21-11-13-22(14-12-21)30(39)33-18-17-32-2/h3-14,31-32H,15-20H2,1-2H3,(H,33,39). The van der Waals surface area contributed by atoms with Gasteiger partial charge in [-0.15, -0.1) is 5.10 Å². The van der Waals surface area contributed by atoms with E-state index in [1.165, 1.54) is 0 Å². The molecule has 0 aliphatic carbocycles. The van der Waals surface area contributed by atoms with Crippen molar-refractivity contribution in [3.8, 4) is 22.5 Å². The van der Waals surface area contributed by atoms with Crippen LogP contribution in [0.4, 0.5) is 5.69 Å². The molecule has 9 nitrogen and oxygen atoms in total. The zero-order valence-corrected chi connectivity index (χ0v) is 22.3. The summed E-state index contributed by atoms with van der Waals surface area (Å²) in [6.07, 6.45) is 0.399. The fourth-order valence-electron chi connectivity index (χ4n) is 4.85. The van der Waals surface area contributed by atoms with Gasteiger partial charge in [0.1, 0.15) is 5.69 Å². The Balaban J connectivity index is 1.52. The third-order valence-corrected chi connectivity index (χ3v) is 6.88. The molecule has 2 heterocycles. The molecule has 1 aliphatic heterocycles. The number of benzene rings is 3. The number of likely N-dealkylation sites (N-methyl/N-ethyl adjacent to an activating group) is 1. The van der Waals surface area contributed by atoms with Gasteiger partial charge in [-0.1, -0.05) is 59.8 Å². The predicted molar refractivity (Wildman–Crippen MR) is 152 cm³/mol. The first-order chi connectivity index (χ1) is 19.1. The third kappa shape index (κ3) is 5.59. The van der Waals surface area contributed by atoms with Gasteiger partial charge >= 0.3 is 0 Å². The van der Waals surface area contributed by atoms with Crippen LogP contribution in [0.3, 0.4) is 0 Å². The largest absolute Gasteiger partial charge is 0.351 e. The SMILES string of the molecule is CNCCNC(=O)c1ccc(Cn2nnc3c2-c2ccccc2CN(C(=O)CCNC)c2ccccc2-3)cc1. The molecule has 4 aromatic rings. The second-order valence-corrected chi connectivity index (χ2v) is 9.51. The summed E-state index contributed by atoms with van der Waals surface area (Å²) in [4.78, 5) is 27.6. The first-order valence-electron chi connectivity index (χ1n) is 13.2. The fourth-order valence-corrected chi connectivity index (χ4v) is 4.85. The van der Waals surface area contributed by atoms with E-state index in [2.05, 4.69) is 38.4 Å². The van der Waals surface area contributed by atoms with Crippen molar-refractivity contribution in [2.75, 3.05) is 38.6 Å². The average molecular weight is 524 g/mol. The van der Waals surface area contributed by atoms with Crippen LogP contribution in [0.5, 0.6) is 0 Å². The van der Waals surface area contributed by atoms with E-state index in [4.69, 9.17) is 0 Å². The molecule has 0 unspecified atom stereocenters. The van der Waals surface area contributed by atoms with E-state index < -0.39 is 0 Å². The van der Waals surface area contributed by atoms with Crippen LogP contribution in [-0.4, -0.2) is 60.5 Å². The maximum absolute atomic E-state index is 13.3. The molecular weight excluding hydrogens is 490 g/mol. The molecule has 1 aliphatic rings. The Kier molecular flexibility index (Phi) is 8.10. The molecule has 39 heavy (non-hydrogen) atoms. The van der Waals surface area contributed by atoms with Crippen LogP contribution in [0.2, 0.25) is 0 Å². The Morgan fingerprint density at radius 2 is 1.56 bits per heavy atom. The van der Waals surface area contributed by atoms with E-state index in [9.17, 15) is 9.59 Å². The molecule has 2 amide bonds. The number of rotatable bonds is 9. The van der Waals surface area contributed by atoms with E-state index in [1.54, 1.807) is 0 Å². The molecule has 0 saturated heterocycles. The highest BCUT2D eigenvalue weighted by Crippen LogP contribution is 2.41. The Bertz CT molecular complexity index is 1460. The molecule has 1 aromatic heterocycles. The van der Waals surface area contributed by atoms with Gasteiger partial charge in [0.05, 0.1) is 24.5 Å². The molecule has 9 heteroatoms. The van der Waals surface area contributed by atoms with Crippen LogP contribution >= 0.6 is 0 Å². The highest BCUT2D eigenvalue weighted by Gasteiger charge is 2.28. The number of fused-ring (bicyclic) bond motifs is 5. The number of carbonyl (C=O) groups is 2.